The molecule has 2 aromatic carbocycles. The highest BCUT2D eigenvalue weighted by molar-refractivity contribution is 5.92. The molecule has 1 unspecified atom stereocenters. The maximum atomic E-state index is 13.2. The van der Waals surface area contributed by atoms with Crippen molar-refractivity contribution in [2.24, 2.45) is 0 Å². The number of carbonyl (C=O) groups excluding carboxylic acids is 1. The minimum Gasteiger partial charge on any atom is -0.335 e. The smallest absolute Gasteiger partial charge is 0.272 e. The molecule has 0 spiro atoms. The molecule has 6 nitrogen and oxygen atoms in total. The first kappa shape index (κ1) is 19.2. The highest BCUT2D eigenvalue weighted by Gasteiger charge is 2.25. The van der Waals surface area contributed by atoms with Crippen molar-refractivity contribution in [2.45, 2.75) is 26.3 Å². The van der Waals surface area contributed by atoms with Gasteiger partial charge in [-0.3, -0.25) is 14.7 Å². The summed E-state index contributed by atoms with van der Waals surface area (Å²) in [6.45, 7) is 6.12. The minimum absolute atomic E-state index is 0.0798. The van der Waals surface area contributed by atoms with Crippen molar-refractivity contribution in [1.29, 1.82) is 0 Å². The standard InChI is InChI=1S/C23H26N4O2/c1-16-9-10-19(13-17(16)2)27-22(28)14-20(25-27)23(29)26-12-6-11-24-21(15-26)18-7-4-3-5-8-18/h3-5,7-10,13-14,21,24-25H,6,11-12,15H2,1-2H3. The van der Waals surface area contributed by atoms with Gasteiger partial charge in [0.2, 0.25) is 0 Å². The molecule has 6 heteroatoms. The number of aryl methyl sites for hydroxylation is 2. The van der Waals surface area contributed by atoms with E-state index < -0.39 is 0 Å². The van der Waals surface area contributed by atoms with Crippen LogP contribution in [0.2, 0.25) is 0 Å². The van der Waals surface area contributed by atoms with E-state index in [2.05, 4.69) is 22.5 Å². The molecule has 3 aromatic rings. The molecular weight excluding hydrogens is 364 g/mol. The number of aromatic nitrogens is 2. The van der Waals surface area contributed by atoms with Crippen LogP contribution in [0.1, 0.15) is 39.6 Å². The molecule has 150 valence electrons. The maximum Gasteiger partial charge on any atom is 0.272 e. The lowest BCUT2D eigenvalue weighted by Gasteiger charge is -2.24. The second kappa shape index (κ2) is 8.09. The van der Waals surface area contributed by atoms with E-state index in [1.165, 1.54) is 10.7 Å². The zero-order valence-electron chi connectivity index (χ0n) is 16.8. The highest BCUT2D eigenvalue weighted by atomic mass is 16.2. The Bertz CT molecular complexity index is 1070. The fourth-order valence-corrected chi connectivity index (χ4v) is 3.75. The van der Waals surface area contributed by atoms with E-state index >= 15 is 0 Å². The molecule has 1 aromatic heterocycles. The van der Waals surface area contributed by atoms with Gasteiger partial charge in [-0.05, 0) is 55.6 Å². The van der Waals surface area contributed by atoms with Crippen molar-refractivity contribution >= 4 is 5.91 Å². The first-order chi connectivity index (χ1) is 14.0. The predicted molar refractivity (Wildman–Crippen MR) is 114 cm³/mol. The topological polar surface area (TPSA) is 70.1 Å². The van der Waals surface area contributed by atoms with E-state index in [9.17, 15) is 9.59 Å². The average Bonchev–Trinajstić information content (AvgIpc) is 2.96. The zero-order chi connectivity index (χ0) is 20.4. The maximum absolute atomic E-state index is 13.2. The summed E-state index contributed by atoms with van der Waals surface area (Å²) >= 11 is 0. The molecule has 1 amide bonds. The number of hydrogen-bond donors (Lipinski definition) is 2. The SMILES string of the molecule is Cc1ccc(-n2[nH]c(C(=O)N3CCCNC(c4ccccc4)C3)cc2=O)cc1C. The van der Waals surface area contributed by atoms with Crippen LogP contribution in [0.5, 0.6) is 0 Å². The van der Waals surface area contributed by atoms with Gasteiger partial charge in [-0.1, -0.05) is 36.4 Å². The van der Waals surface area contributed by atoms with Crippen LogP contribution in [0.4, 0.5) is 0 Å². The van der Waals surface area contributed by atoms with Gasteiger partial charge < -0.3 is 10.2 Å². The summed E-state index contributed by atoms with van der Waals surface area (Å²) in [7, 11) is 0. The number of nitrogens with zero attached hydrogens (tertiary/aromatic N) is 2. The molecule has 1 aliphatic rings. The predicted octanol–water partition coefficient (Wildman–Crippen LogP) is 2.96. The van der Waals surface area contributed by atoms with Crippen molar-refractivity contribution in [1.82, 2.24) is 20.0 Å². The molecule has 0 saturated carbocycles. The Kier molecular flexibility index (Phi) is 5.36. The summed E-state index contributed by atoms with van der Waals surface area (Å²) in [6.07, 6.45) is 0.872. The molecule has 0 aliphatic carbocycles. The lowest BCUT2D eigenvalue weighted by Crippen LogP contribution is -2.36. The van der Waals surface area contributed by atoms with Gasteiger partial charge in [0.05, 0.1) is 5.69 Å². The number of carbonyl (C=O) groups is 1. The van der Waals surface area contributed by atoms with Gasteiger partial charge in [0.25, 0.3) is 11.5 Å². The summed E-state index contributed by atoms with van der Waals surface area (Å²) in [5.41, 5.74) is 4.24. The Balaban J connectivity index is 1.59. The van der Waals surface area contributed by atoms with Crippen molar-refractivity contribution in [3.8, 4) is 5.69 Å². The van der Waals surface area contributed by atoms with E-state index in [1.807, 2.05) is 55.1 Å². The monoisotopic (exact) mass is 390 g/mol. The quantitative estimate of drug-likeness (QED) is 0.722. The van der Waals surface area contributed by atoms with Crippen LogP contribution in [0.3, 0.4) is 0 Å². The number of hydrogen-bond acceptors (Lipinski definition) is 3. The average molecular weight is 390 g/mol. The van der Waals surface area contributed by atoms with Crippen molar-refractivity contribution < 1.29 is 4.79 Å². The molecule has 29 heavy (non-hydrogen) atoms. The van der Waals surface area contributed by atoms with Crippen LogP contribution in [0.25, 0.3) is 5.69 Å². The van der Waals surface area contributed by atoms with Crippen LogP contribution in [0, 0.1) is 13.8 Å². The van der Waals surface area contributed by atoms with E-state index in [0.717, 1.165) is 35.3 Å². The second-order valence-corrected chi connectivity index (χ2v) is 7.63. The first-order valence-corrected chi connectivity index (χ1v) is 10.0. The van der Waals surface area contributed by atoms with Crippen molar-refractivity contribution in [2.75, 3.05) is 19.6 Å². The number of rotatable bonds is 3. The van der Waals surface area contributed by atoms with Gasteiger partial charge in [-0.15, -0.1) is 0 Å². The third kappa shape index (κ3) is 4.03. The van der Waals surface area contributed by atoms with Gasteiger partial charge in [0.15, 0.2) is 0 Å². The van der Waals surface area contributed by atoms with Crippen molar-refractivity contribution in [3.05, 3.63) is 87.3 Å². The molecule has 1 atom stereocenters. The highest BCUT2D eigenvalue weighted by Crippen LogP contribution is 2.18. The van der Waals surface area contributed by atoms with E-state index in [1.54, 1.807) is 0 Å². The van der Waals surface area contributed by atoms with Crippen LogP contribution in [-0.4, -0.2) is 40.2 Å². The zero-order valence-corrected chi connectivity index (χ0v) is 16.8. The molecule has 2 heterocycles. The fourth-order valence-electron chi connectivity index (χ4n) is 3.75. The number of amides is 1. The van der Waals surface area contributed by atoms with Gasteiger partial charge in [0, 0.05) is 25.2 Å². The van der Waals surface area contributed by atoms with E-state index in [4.69, 9.17) is 0 Å². The number of aromatic amines is 1. The van der Waals surface area contributed by atoms with Crippen molar-refractivity contribution in [3.63, 3.8) is 0 Å². The third-order valence-electron chi connectivity index (χ3n) is 5.59. The third-order valence-corrected chi connectivity index (χ3v) is 5.59. The summed E-state index contributed by atoms with van der Waals surface area (Å²) in [5.74, 6) is -0.144. The molecule has 2 N–H and O–H groups in total. The summed E-state index contributed by atoms with van der Waals surface area (Å²) in [5, 5.41) is 6.53. The van der Waals surface area contributed by atoms with Crippen LogP contribution in [-0.2, 0) is 0 Å². The molecule has 1 saturated heterocycles. The largest absolute Gasteiger partial charge is 0.335 e. The molecule has 1 aliphatic heterocycles. The van der Waals surface area contributed by atoms with Crippen LogP contribution in [0.15, 0.2) is 59.4 Å². The first-order valence-electron chi connectivity index (χ1n) is 10.0. The Morgan fingerprint density at radius 2 is 1.83 bits per heavy atom. The van der Waals surface area contributed by atoms with Crippen LogP contribution >= 0.6 is 0 Å². The lowest BCUT2D eigenvalue weighted by atomic mass is 10.1. The number of benzene rings is 2. The molecular formula is C23H26N4O2. The normalized spacial score (nSPS) is 17.2. The van der Waals surface area contributed by atoms with E-state index in [0.29, 0.717) is 18.8 Å². The Labute approximate surface area is 170 Å². The Morgan fingerprint density at radius 3 is 2.59 bits per heavy atom. The summed E-state index contributed by atoms with van der Waals surface area (Å²) in [4.78, 5) is 27.5. The van der Waals surface area contributed by atoms with Gasteiger partial charge >= 0.3 is 0 Å². The molecule has 0 radical (unpaired) electrons. The Morgan fingerprint density at radius 1 is 1.03 bits per heavy atom. The van der Waals surface area contributed by atoms with Gasteiger partial charge in [-0.2, -0.15) is 0 Å². The van der Waals surface area contributed by atoms with Gasteiger partial charge in [-0.25, -0.2) is 4.68 Å². The molecule has 1 fully saturated rings. The summed E-state index contributed by atoms with van der Waals surface area (Å²) in [6, 6.07) is 17.4. The van der Waals surface area contributed by atoms with E-state index in [-0.39, 0.29) is 17.5 Å². The molecule has 0 bridgehead atoms. The fraction of sp³-hybridized carbons (Fsp3) is 0.304. The summed E-state index contributed by atoms with van der Waals surface area (Å²) < 4.78 is 1.43. The number of H-pyrrole nitrogens is 1. The van der Waals surface area contributed by atoms with Crippen LogP contribution < -0.4 is 10.9 Å². The molecule has 4 rings (SSSR count). The minimum atomic E-state index is -0.232. The number of nitrogens with one attached hydrogen (secondary N) is 2. The lowest BCUT2D eigenvalue weighted by molar-refractivity contribution is 0.0746. The second-order valence-electron chi connectivity index (χ2n) is 7.63. The van der Waals surface area contributed by atoms with Gasteiger partial charge in [0.1, 0.15) is 5.69 Å². The Hall–Kier alpha value is -3.12.